The highest BCUT2D eigenvalue weighted by Gasteiger charge is 2.14. The van der Waals surface area contributed by atoms with Crippen molar-refractivity contribution in [2.24, 2.45) is 0 Å². The number of fused-ring (bicyclic) bond motifs is 1. The largest absolute Gasteiger partial charge is 0.377 e. The Morgan fingerprint density at radius 2 is 2.29 bits per heavy atom. The Hall–Kier alpha value is -1.39. The normalized spacial score (nSPS) is 18.6. The highest BCUT2D eigenvalue weighted by atomic mass is 16.5. The van der Waals surface area contributed by atoms with Crippen LogP contribution in [0.1, 0.15) is 32.0 Å². The summed E-state index contributed by atoms with van der Waals surface area (Å²) in [6.07, 6.45) is 4.99. The van der Waals surface area contributed by atoms with Gasteiger partial charge in [0.25, 0.3) is 0 Å². The van der Waals surface area contributed by atoms with Crippen LogP contribution in [-0.4, -0.2) is 35.4 Å². The molecule has 2 heterocycles. The second-order valence-corrected chi connectivity index (χ2v) is 5.76. The molecule has 114 valence electrons. The zero-order valence-electron chi connectivity index (χ0n) is 12.8. The van der Waals surface area contributed by atoms with E-state index >= 15 is 0 Å². The maximum absolute atomic E-state index is 5.64. The lowest BCUT2D eigenvalue weighted by Gasteiger charge is -2.12. The number of rotatable bonds is 7. The van der Waals surface area contributed by atoms with E-state index in [2.05, 4.69) is 41.1 Å². The van der Waals surface area contributed by atoms with Crippen molar-refractivity contribution in [1.29, 1.82) is 0 Å². The first kappa shape index (κ1) is 14.5. The summed E-state index contributed by atoms with van der Waals surface area (Å²) in [5.74, 6) is 1.21. The second kappa shape index (κ2) is 7.05. The molecule has 1 aromatic heterocycles. The Labute approximate surface area is 126 Å². The predicted octanol–water partition coefficient (Wildman–Crippen LogP) is 2.76. The average Bonchev–Trinajstić information content (AvgIpc) is 3.12. The van der Waals surface area contributed by atoms with E-state index in [0.717, 1.165) is 44.6 Å². The van der Waals surface area contributed by atoms with E-state index < -0.39 is 0 Å². The number of nitrogens with one attached hydrogen (secondary N) is 1. The highest BCUT2D eigenvalue weighted by molar-refractivity contribution is 5.75. The lowest BCUT2D eigenvalue weighted by molar-refractivity contribution is 0.110. The minimum Gasteiger partial charge on any atom is -0.377 e. The molecule has 1 N–H and O–H groups in total. The quantitative estimate of drug-likeness (QED) is 0.796. The monoisotopic (exact) mass is 287 g/mol. The van der Waals surface area contributed by atoms with Gasteiger partial charge in [-0.1, -0.05) is 19.1 Å². The van der Waals surface area contributed by atoms with E-state index in [-0.39, 0.29) is 0 Å². The first-order chi connectivity index (χ1) is 10.4. The predicted molar refractivity (Wildman–Crippen MR) is 85.6 cm³/mol. The van der Waals surface area contributed by atoms with Crippen molar-refractivity contribution < 1.29 is 4.74 Å². The summed E-state index contributed by atoms with van der Waals surface area (Å²) in [5, 5.41) is 3.53. The molecule has 4 nitrogen and oxygen atoms in total. The number of nitrogens with zero attached hydrogens (tertiary/aromatic N) is 2. The Morgan fingerprint density at radius 1 is 1.38 bits per heavy atom. The number of aryl methyl sites for hydroxylation is 1. The third kappa shape index (κ3) is 3.44. The molecule has 1 aromatic carbocycles. The van der Waals surface area contributed by atoms with E-state index in [1.165, 1.54) is 24.2 Å². The van der Waals surface area contributed by atoms with Crippen molar-refractivity contribution in [3.63, 3.8) is 0 Å². The van der Waals surface area contributed by atoms with Crippen LogP contribution < -0.4 is 5.32 Å². The molecule has 0 bridgehead atoms. The van der Waals surface area contributed by atoms with Crippen LogP contribution in [0.25, 0.3) is 11.0 Å². The van der Waals surface area contributed by atoms with Crippen LogP contribution in [0.4, 0.5) is 0 Å². The standard InChI is InChI=1S/C17H25N3O/c1-2-6-17-19-15-8-3-4-9-16(15)20(17)11-10-18-13-14-7-5-12-21-14/h3-4,8-9,14,18H,2,5-7,10-13H2,1H3. The molecule has 0 saturated carbocycles. The Kier molecular flexibility index (Phi) is 4.88. The molecule has 1 atom stereocenters. The van der Waals surface area contributed by atoms with E-state index in [4.69, 9.17) is 9.72 Å². The number of hydrogen-bond donors (Lipinski definition) is 1. The van der Waals surface area contributed by atoms with E-state index in [1.807, 2.05) is 0 Å². The fraction of sp³-hybridized carbons (Fsp3) is 0.588. The minimum atomic E-state index is 0.416. The van der Waals surface area contributed by atoms with E-state index in [9.17, 15) is 0 Å². The molecule has 1 aliphatic rings. The maximum atomic E-state index is 5.64. The molecule has 0 aliphatic carbocycles. The van der Waals surface area contributed by atoms with Crippen molar-refractivity contribution in [2.75, 3.05) is 19.7 Å². The Morgan fingerprint density at radius 3 is 3.10 bits per heavy atom. The van der Waals surface area contributed by atoms with Crippen LogP contribution >= 0.6 is 0 Å². The number of aromatic nitrogens is 2. The SMILES string of the molecule is CCCc1nc2ccccc2n1CCNCC1CCCO1. The van der Waals surface area contributed by atoms with Gasteiger partial charge in [0, 0.05) is 32.7 Å². The Bertz CT molecular complexity index is 572. The summed E-state index contributed by atoms with van der Waals surface area (Å²) in [5.41, 5.74) is 2.36. The van der Waals surface area contributed by atoms with Crippen molar-refractivity contribution in [3.8, 4) is 0 Å². The Balaban J connectivity index is 1.62. The molecule has 1 fully saturated rings. The summed E-state index contributed by atoms with van der Waals surface area (Å²) in [6.45, 7) is 6.05. The van der Waals surface area contributed by atoms with Crippen LogP contribution in [0, 0.1) is 0 Å². The van der Waals surface area contributed by atoms with Gasteiger partial charge in [0.2, 0.25) is 0 Å². The molecule has 1 saturated heterocycles. The molecular weight excluding hydrogens is 262 g/mol. The molecule has 1 aliphatic heterocycles. The van der Waals surface area contributed by atoms with Gasteiger partial charge >= 0.3 is 0 Å². The summed E-state index contributed by atoms with van der Waals surface area (Å²) >= 11 is 0. The third-order valence-electron chi connectivity index (χ3n) is 4.12. The number of para-hydroxylation sites is 2. The van der Waals surface area contributed by atoms with Crippen molar-refractivity contribution in [1.82, 2.24) is 14.9 Å². The van der Waals surface area contributed by atoms with Gasteiger partial charge in [-0.3, -0.25) is 0 Å². The molecule has 0 amide bonds. The highest BCUT2D eigenvalue weighted by Crippen LogP contribution is 2.17. The zero-order valence-corrected chi connectivity index (χ0v) is 12.8. The fourth-order valence-electron chi connectivity index (χ4n) is 3.05. The van der Waals surface area contributed by atoms with Crippen LogP contribution in [-0.2, 0) is 17.7 Å². The number of ether oxygens (including phenoxy) is 1. The molecule has 1 unspecified atom stereocenters. The van der Waals surface area contributed by atoms with Gasteiger partial charge in [0.05, 0.1) is 17.1 Å². The van der Waals surface area contributed by atoms with Crippen molar-refractivity contribution >= 4 is 11.0 Å². The fourth-order valence-corrected chi connectivity index (χ4v) is 3.05. The van der Waals surface area contributed by atoms with E-state index in [0.29, 0.717) is 6.10 Å². The van der Waals surface area contributed by atoms with Gasteiger partial charge < -0.3 is 14.6 Å². The number of hydrogen-bond acceptors (Lipinski definition) is 3. The first-order valence-electron chi connectivity index (χ1n) is 8.15. The first-order valence-corrected chi connectivity index (χ1v) is 8.15. The van der Waals surface area contributed by atoms with Gasteiger partial charge in [-0.05, 0) is 31.4 Å². The maximum Gasteiger partial charge on any atom is 0.109 e. The van der Waals surface area contributed by atoms with E-state index in [1.54, 1.807) is 0 Å². The van der Waals surface area contributed by atoms with Gasteiger partial charge in [-0.15, -0.1) is 0 Å². The zero-order chi connectivity index (χ0) is 14.5. The van der Waals surface area contributed by atoms with Gasteiger partial charge in [0.15, 0.2) is 0 Å². The number of benzene rings is 1. The lowest BCUT2D eigenvalue weighted by atomic mass is 10.2. The van der Waals surface area contributed by atoms with Gasteiger partial charge in [-0.2, -0.15) is 0 Å². The lowest BCUT2D eigenvalue weighted by Crippen LogP contribution is -2.29. The van der Waals surface area contributed by atoms with Crippen LogP contribution in [0.3, 0.4) is 0 Å². The summed E-state index contributed by atoms with van der Waals surface area (Å²) < 4.78 is 8.00. The number of imidazole rings is 1. The summed E-state index contributed by atoms with van der Waals surface area (Å²) in [7, 11) is 0. The topological polar surface area (TPSA) is 39.1 Å². The van der Waals surface area contributed by atoms with Crippen LogP contribution in [0.2, 0.25) is 0 Å². The van der Waals surface area contributed by atoms with Crippen molar-refractivity contribution in [3.05, 3.63) is 30.1 Å². The van der Waals surface area contributed by atoms with Crippen LogP contribution in [0.15, 0.2) is 24.3 Å². The summed E-state index contributed by atoms with van der Waals surface area (Å²) in [4.78, 5) is 4.77. The molecule has 3 rings (SSSR count). The molecule has 0 spiro atoms. The average molecular weight is 287 g/mol. The molecule has 0 radical (unpaired) electrons. The van der Waals surface area contributed by atoms with Gasteiger partial charge in [-0.25, -0.2) is 4.98 Å². The second-order valence-electron chi connectivity index (χ2n) is 5.76. The molecule has 21 heavy (non-hydrogen) atoms. The van der Waals surface area contributed by atoms with Crippen molar-refractivity contribution in [2.45, 2.75) is 45.3 Å². The smallest absolute Gasteiger partial charge is 0.109 e. The third-order valence-corrected chi connectivity index (χ3v) is 4.12. The molecule has 4 heteroatoms. The molecular formula is C17H25N3O. The van der Waals surface area contributed by atoms with Crippen LogP contribution in [0.5, 0.6) is 0 Å². The van der Waals surface area contributed by atoms with Gasteiger partial charge in [0.1, 0.15) is 5.82 Å². The minimum absolute atomic E-state index is 0.416. The molecule has 2 aromatic rings. The summed E-state index contributed by atoms with van der Waals surface area (Å²) in [6, 6.07) is 8.42.